The molecule has 8 aromatic carbocycles. The zero-order valence-corrected chi connectivity index (χ0v) is 50.8. The van der Waals surface area contributed by atoms with Gasteiger partial charge >= 0.3 is 76.5 Å². The molecule has 419 valence electrons. The minimum Gasteiger partial charge on any atom is -0.871 e. The van der Waals surface area contributed by atoms with Crippen LogP contribution >= 0.6 is 46.4 Å². The Morgan fingerprint density at radius 3 is 0.709 bits per heavy atom. The number of nitrogens with zero attached hydrogens (tertiary/aromatic N) is 8. The minimum atomic E-state index is -0.117. The maximum Gasteiger partial charge on any atom is 3.00 e. The first kappa shape index (κ1) is 59.9. The summed E-state index contributed by atoms with van der Waals surface area (Å²) in [6.07, 6.45) is 0. The van der Waals surface area contributed by atoms with E-state index in [0.717, 1.165) is 21.5 Å². The zero-order valence-electron chi connectivity index (χ0n) is 44.1. The molecule has 8 aromatic heterocycles. The molecule has 0 fully saturated rings. The van der Waals surface area contributed by atoms with Gasteiger partial charge in [-0.05, 0) is 119 Å². The molecule has 0 saturated carbocycles. The summed E-state index contributed by atoms with van der Waals surface area (Å²) in [6.45, 7) is 0. The van der Waals surface area contributed by atoms with Crippen molar-refractivity contribution in [3.8, 4) is 69.3 Å². The number of para-hydroxylation sites is 4. The second kappa shape index (κ2) is 25.6. The molecule has 1 radical (unpaired) electrons. The summed E-state index contributed by atoms with van der Waals surface area (Å²) in [7, 11) is 0. The normalized spacial score (nSPS) is 11.0. The Kier molecular flexibility index (Phi) is 17.8. The average Bonchev–Trinajstić information content (AvgIpc) is 4.15. The number of pyridine rings is 4. The van der Waals surface area contributed by atoms with Gasteiger partial charge < -0.3 is 38.1 Å². The van der Waals surface area contributed by atoms with Gasteiger partial charge in [0.15, 0.2) is 22.3 Å². The third-order valence-corrected chi connectivity index (χ3v) is 13.9. The number of aromatic nitrogens is 8. The molecule has 0 aliphatic carbocycles. The van der Waals surface area contributed by atoms with E-state index in [9.17, 15) is 20.4 Å². The number of hydrogen-bond acceptors (Lipinski definition) is 16. The van der Waals surface area contributed by atoms with Crippen LogP contribution in [0.2, 0.25) is 20.1 Å². The van der Waals surface area contributed by atoms with Gasteiger partial charge in [0.25, 0.3) is 0 Å². The SMILES string of the molecule is [Na+].[O-]c1cccc2ccc(-c3nc4cc(Cl)ccc4o3)nc12.[O-]c1cccc2ccc(-c3nc4cc(Cl)ccc4o3)nc12.[O-]c1cccc2ccc(-c3nc4cc(Cl)ccc4o3)nc12.[O-]c1cccc2ccc(-c3nc4cc(Cl)ccc4o3)nc12.[Yb+3]. The van der Waals surface area contributed by atoms with Crippen LogP contribution in [0.5, 0.6) is 23.0 Å². The first-order chi connectivity index (χ1) is 40.8. The number of halogens is 4. The molecule has 0 unspecified atom stereocenters. The molecular formula is C64H32Cl4N8NaO8Yb. The van der Waals surface area contributed by atoms with Gasteiger partial charge in [0, 0.05) is 20.1 Å². The summed E-state index contributed by atoms with van der Waals surface area (Å²) in [5.41, 5.74) is 8.93. The molecule has 0 spiro atoms. The molecule has 16 aromatic rings. The number of hydrogen-bond donors (Lipinski definition) is 0. The Morgan fingerprint density at radius 1 is 0.267 bits per heavy atom. The van der Waals surface area contributed by atoms with Gasteiger partial charge in [0.1, 0.15) is 44.8 Å². The van der Waals surface area contributed by atoms with E-state index in [1.165, 1.54) is 24.3 Å². The molecule has 0 aliphatic rings. The predicted octanol–water partition coefficient (Wildman–Crippen LogP) is 12.1. The second-order valence-corrected chi connectivity index (χ2v) is 20.4. The molecular weight excluding hydrogens is 1350 g/mol. The number of oxazole rings is 4. The number of fused-ring (bicyclic) bond motifs is 8. The molecule has 0 atom stereocenters. The Bertz CT molecular complexity index is 4570. The topological polar surface area (TPSA) is 248 Å². The minimum absolute atomic E-state index is 0. The predicted molar refractivity (Wildman–Crippen MR) is 317 cm³/mol. The van der Waals surface area contributed by atoms with E-state index < -0.39 is 0 Å². The smallest absolute Gasteiger partial charge is 0.871 e. The summed E-state index contributed by atoms with van der Waals surface area (Å²) in [5.74, 6) is 1.02. The molecule has 0 N–H and O–H groups in total. The number of rotatable bonds is 4. The van der Waals surface area contributed by atoms with Crippen molar-refractivity contribution in [2.24, 2.45) is 0 Å². The van der Waals surface area contributed by atoms with Gasteiger partial charge in [-0.25, -0.2) is 39.9 Å². The first-order valence-electron chi connectivity index (χ1n) is 25.4. The van der Waals surface area contributed by atoms with E-state index in [0.29, 0.717) is 133 Å². The monoisotopic (exact) mass is 1380 g/mol. The van der Waals surface area contributed by atoms with Crippen molar-refractivity contribution in [1.82, 2.24) is 39.9 Å². The van der Waals surface area contributed by atoms with E-state index in [2.05, 4.69) is 39.9 Å². The molecule has 0 saturated heterocycles. The molecule has 0 amide bonds. The van der Waals surface area contributed by atoms with Crippen LogP contribution in [0.4, 0.5) is 0 Å². The van der Waals surface area contributed by atoms with E-state index >= 15 is 0 Å². The van der Waals surface area contributed by atoms with Crippen LogP contribution < -0.4 is 50.0 Å². The van der Waals surface area contributed by atoms with Crippen molar-refractivity contribution in [1.29, 1.82) is 0 Å². The van der Waals surface area contributed by atoms with Crippen LogP contribution in [0.3, 0.4) is 0 Å². The van der Waals surface area contributed by atoms with Crippen molar-refractivity contribution in [3.05, 3.63) is 214 Å². The van der Waals surface area contributed by atoms with E-state index in [1.54, 1.807) is 121 Å². The molecule has 86 heavy (non-hydrogen) atoms. The van der Waals surface area contributed by atoms with Crippen molar-refractivity contribution in [3.63, 3.8) is 0 Å². The summed E-state index contributed by atoms with van der Waals surface area (Å²) < 4.78 is 22.7. The Hall–Kier alpha value is -7.84. The van der Waals surface area contributed by atoms with Crippen LogP contribution in [0.15, 0.2) is 212 Å². The summed E-state index contributed by atoms with van der Waals surface area (Å²) in [5, 5.41) is 53.0. The van der Waals surface area contributed by atoms with Gasteiger partial charge in [0.2, 0.25) is 23.6 Å². The van der Waals surface area contributed by atoms with Crippen LogP contribution in [0, 0.1) is 46.9 Å². The van der Waals surface area contributed by atoms with E-state index in [1.807, 2.05) is 48.5 Å². The maximum atomic E-state index is 11.8. The second-order valence-electron chi connectivity index (χ2n) is 18.6. The van der Waals surface area contributed by atoms with Gasteiger partial charge in [-0.1, -0.05) is 166 Å². The van der Waals surface area contributed by atoms with E-state index in [-0.39, 0.29) is 99.5 Å². The molecule has 22 heteroatoms. The molecule has 0 aliphatic heterocycles. The molecule has 8 heterocycles. The quantitative estimate of drug-likeness (QED) is 0.149. The largest absolute Gasteiger partial charge is 3.00 e. The van der Waals surface area contributed by atoms with Gasteiger partial charge in [-0.2, -0.15) is 0 Å². The first-order valence-corrected chi connectivity index (χ1v) is 26.9. The molecule has 16 nitrogen and oxygen atoms in total. The fourth-order valence-corrected chi connectivity index (χ4v) is 9.66. The third-order valence-electron chi connectivity index (χ3n) is 13.0. The molecule has 16 rings (SSSR count). The van der Waals surface area contributed by atoms with Crippen LogP contribution in [-0.4, -0.2) is 39.9 Å². The summed E-state index contributed by atoms with van der Waals surface area (Å²) >= 11 is 23.7. The standard InChI is InChI=1S/4C16H9ClN2O2.Na.Yb/c4*17-10-5-7-14-12(8-10)19-16(21-14)11-6-4-9-2-1-3-13(20)15(9)18-11;;/h4*1-8,20H;;/q;;;;+1;+3/p-4. The van der Waals surface area contributed by atoms with Crippen molar-refractivity contribution in [2.75, 3.05) is 0 Å². The average molecular weight is 1380 g/mol. The van der Waals surface area contributed by atoms with Crippen molar-refractivity contribution in [2.45, 2.75) is 0 Å². The fraction of sp³-hybridized carbons (Fsp3) is 0. The van der Waals surface area contributed by atoms with E-state index in [4.69, 9.17) is 64.1 Å². The van der Waals surface area contributed by atoms with Gasteiger partial charge in [0.05, 0.1) is 22.1 Å². The number of benzene rings is 8. The zero-order chi connectivity index (χ0) is 57.6. The van der Waals surface area contributed by atoms with Crippen LogP contribution in [0.1, 0.15) is 0 Å². The van der Waals surface area contributed by atoms with Crippen LogP contribution in [0.25, 0.3) is 134 Å². The van der Waals surface area contributed by atoms with Crippen LogP contribution in [-0.2, 0) is 0 Å². The van der Waals surface area contributed by atoms with Crippen molar-refractivity contribution >= 4 is 134 Å². The molecule has 0 bridgehead atoms. The fourth-order valence-electron chi connectivity index (χ4n) is 9.00. The Labute approximate surface area is 566 Å². The van der Waals surface area contributed by atoms with Gasteiger partial charge in [-0.15, -0.1) is 0 Å². The maximum absolute atomic E-state index is 11.8. The summed E-state index contributed by atoms with van der Waals surface area (Å²) in [4.78, 5) is 34.9. The van der Waals surface area contributed by atoms with Crippen molar-refractivity contribution < 1.29 is 115 Å². The third kappa shape index (κ3) is 12.7. The van der Waals surface area contributed by atoms with Gasteiger partial charge in [-0.3, -0.25) is 0 Å². The summed E-state index contributed by atoms with van der Waals surface area (Å²) in [6, 6.07) is 55.6. The Balaban J connectivity index is 0.000000118. The Morgan fingerprint density at radius 2 is 0.488 bits per heavy atom.